The second-order valence-electron chi connectivity index (χ2n) is 8.84. The number of ether oxygens (including phenoxy) is 2. The third-order valence-corrected chi connectivity index (χ3v) is 6.10. The number of hydrogen-bond donors (Lipinski definition) is 0. The lowest BCUT2D eigenvalue weighted by atomic mass is 9.85. The average molecular weight is 516 g/mol. The maximum absolute atomic E-state index is 13.6. The first-order valence-corrected chi connectivity index (χ1v) is 11.8. The van der Waals surface area contributed by atoms with Crippen LogP contribution < -0.4 is 0 Å². The number of nitrogens with zero attached hydrogens (tertiary/aromatic N) is 3. The Morgan fingerprint density at radius 1 is 1.05 bits per heavy atom. The van der Waals surface area contributed by atoms with Gasteiger partial charge in [0.1, 0.15) is 6.61 Å². The molecule has 1 fully saturated rings. The van der Waals surface area contributed by atoms with Gasteiger partial charge in [0.25, 0.3) is 11.6 Å². The Morgan fingerprint density at radius 2 is 1.66 bits per heavy atom. The number of amides is 1. The van der Waals surface area contributed by atoms with E-state index in [0.29, 0.717) is 11.1 Å². The number of β-lactam (4-membered cyclic amide) rings is 1. The predicted octanol–water partition coefficient (Wildman–Crippen LogP) is 3.99. The number of carbonyl (C=O) groups excluding carboxylic acids is 3. The molecule has 1 amide bonds. The zero-order chi connectivity index (χ0) is 27.3. The minimum Gasteiger partial charge on any atom is -0.459 e. The first-order valence-electron chi connectivity index (χ1n) is 11.8. The van der Waals surface area contributed by atoms with E-state index in [0.717, 1.165) is 10.5 Å². The van der Waals surface area contributed by atoms with E-state index in [1.54, 1.807) is 30.3 Å². The Hall–Kier alpha value is -4.86. The van der Waals surface area contributed by atoms with Gasteiger partial charge in [-0.1, -0.05) is 60.7 Å². The van der Waals surface area contributed by atoms with Crippen molar-refractivity contribution in [2.45, 2.75) is 38.3 Å². The lowest BCUT2D eigenvalue weighted by Crippen LogP contribution is -2.74. The van der Waals surface area contributed by atoms with Crippen LogP contribution in [0.1, 0.15) is 36.6 Å². The van der Waals surface area contributed by atoms with Gasteiger partial charge in [0.2, 0.25) is 6.23 Å². The van der Waals surface area contributed by atoms with Crippen LogP contribution in [-0.4, -0.2) is 45.7 Å². The summed E-state index contributed by atoms with van der Waals surface area (Å²) >= 11 is 0. The second kappa shape index (κ2) is 11.0. The van der Waals surface area contributed by atoms with Gasteiger partial charge < -0.3 is 9.47 Å². The van der Waals surface area contributed by atoms with Crippen molar-refractivity contribution in [2.24, 2.45) is 4.99 Å². The highest BCUT2D eigenvalue weighted by molar-refractivity contribution is 5.99. The fraction of sp³-hybridized carbons (Fsp3) is 0.214. The lowest BCUT2D eigenvalue weighted by Gasteiger charge is -2.52. The number of likely N-dealkylation sites (tertiary alicyclic amines) is 1. The molecule has 1 aliphatic heterocycles. The number of rotatable bonds is 9. The van der Waals surface area contributed by atoms with Gasteiger partial charge in [-0.15, -0.1) is 0 Å². The summed E-state index contributed by atoms with van der Waals surface area (Å²) in [7, 11) is 0. The zero-order valence-corrected chi connectivity index (χ0v) is 20.7. The Balaban J connectivity index is 1.63. The molecule has 3 unspecified atom stereocenters. The highest BCUT2D eigenvalue weighted by atomic mass is 16.6. The molecule has 0 aliphatic carbocycles. The summed E-state index contributed by atoms with van der Waals surface area (Å²) in [6, 6.07) is 22.1. The highest BCUT2D eigenvalue weighted by Crippen LogP contribution is 2.42. The number of benzene rings is 3. The second-order valence-corrected chi connectivity index (χ2v) is 8.84. The van der Waals surface area contributed by atoms with Crippen molar-refractivity contribution in [3.8, 4) is 0 Å². The molecule has 0 radical (unpaired) electrons. The molecule has 194 valence electrons. The van der Waals surface area contributed by atoms with Crippen molar-refractivity contribution >= 4 is 29.7 Å². The SMILES string of the molecule is CC(=O)OC1N(C(C(=O)OCc2ccccc2)c2ccccc2)C(=O)C1(C)N=Cc1ccc([N+](=O)[O-])cc1. The number of aliphatic imine (C=N–C) groups is 1. The molecule has 1 saturated heterocycles. The summed E-state index contributed by atoms with van der Waals surface area (Å²) in [4.78, 5) is 54.9. The number of nitro groups is 1. The topological polar surface area (TPSA) is 128 Å². The Morgan fingerprint density at radius 3 is 2.24 bits per heavy atom. The molecule has 3 aromatic rings. The van der Waals surface area contributed by atoms with Gasteiger partial charge in [0, 0.05) is 25.3 Å². The minimum absolute atomic E-state index is 0.00116. The number of nitro benzene ring substituents is 1. The molecule has 1 aliphatic rings. The van der Waals surface area contributed by atoms with Crippen LogP contribution in [0.5, 0.6) is 0 Å². The summed E-state index contributed by atoms with van der Waals surface area (Å²) in [5, 5.41) is 10.9. The Labute approximate surface area is 218 Å². The third kappa shape index (κ3) is 5.44. The fourth-order valence-corrected chi connectivity index (χ4v) is 4.12. The number of carbonyl (C=O) groups is 3. The Kier molecular flexibility index (Phi) is 7.61. The summed E-state index contributed by atoms with van der Waals surface area (Å²) in [6.07, 6.45) is 0.178. The number of hydrogen-bond acceptors (Lipinski definition) is 8. The van der Waals surface area contributed by atoms with E-state index in [4.69, 9.17) is 9.47 Å². The van der Waals surface area contributed by atoms with E-state index in [1.807, 2.05) is 30.3 Å². The molecule has 3 atom stereocenters. The standard InChI is InChI=1S/C28H25N3O7/c1-19(32)38-27-28(2,29-17-20-13-15-23(16-14-20)31(35)36)26(34)30(27)24(22-11-7-4-8-12-22)25(33)37-18-21-9-5-3-6-10-21/h3-17,24,27H,18H2,1-2H3. The van der Waals surface area contributed by atoms with Gasteiger partial charge >= 0.3 is 11.9 Å². The summed E-state index contributed by atoms with van der Waals surface area (Å²) in [5.41, 5.74) is 0.151. The van der Waals surface area contributed by atoms with Crippen molar-refractivity contribution in [1.29, 1.82) is 0 Å². The van der Waals surface area contributed by atoms with E-state index in [-0.39, 0.29) is 12.3 Å². The van der Waals surface area contributed by atoms with E-state index in [1.165, 1.54) is 44.3 Å². The van der Waals surface area contributed by atoms with E-state index < -0.39 is 40.6 Å². The van der Waals surface area contributed by atoms with E-state index in [9.17, 15) is 24.5 Å². The minimum atomic E-state index is -1.53. The van der Waals surface area contributed by atoms with Crippen LogP contribution in [0.4, 0.5) is 5.69 Å². The van der Waals surface area contributed by atoms with Crippen LogP contribution in [0.15, 0.2) is 89.9 Å². The van der Waals surface area contributed by atoms with Gasteiger partial charge in [-0.3, -0.25) is 29.6 Å². The number of non-ortho nitro benzene ring substituents is 1. The molecule has 1 heterocycles. The smallest absolute Gasteiger partial charge is 0.334 e. The normalized spacial score (nSPS) is 19.5. The average Bonchev–Trinajstić information content (AvgIpc) is 2.93. The van der Waals surface area contributed by atoms with Crippen molar-refractivity contribution in [1.82, 2.24) is 4.90 Å². The third-order valence-electron chi connectivity index (χ3n) is 6.10. The van der Waals surface area contributed by atoms with E-state index in [2.05, 4.69) is 4.99 Å². The fourth-order valence-electron chi connectivity index (χ4n) is 4.12. The Bertz CT molecular complexity index is 1360. The van der Waals surface area contributed by atoms with Crippen LogP contribution in [0.2, 0.25) is 0 Å². The van der Waals surface area contributed by atoms with Gasteiger partial charge in [-0.05, 0) is 35.7 Å². The van der Waals surface area contributed by atoms with Crippen LogP contribution in [0.25, 0.3) is 0 Å². The molecule has 0 aromatic heterocycles. The molecule has 38 heavy (non-hydrogen) atoms. The molecular weight excluding hydrogens is 490 g/mol. The zero-order valence-electron chi connectivity index (χ0n) is 20.7. The van der Waals surface area contributed by atoms with Crippen LogP contribution in [0, 0.1) is 10.1 Å². The maximum Gasteiger partial charge on any atom is 0.334 e. The largest absolute Gasteiger partial charge is 0.459 e. The lowest BCUT2D eigenvalue weighted by molar-refractivity contribution is -0.384. The summed E-state index contributed by atoms with van der Waals surface area (Å²) < 4.78 is 11.1. The van der Waals surface area contributed by atoms with Crippen molar-refractivity contribution in [3.63, 3.8) is 0 Å². The van der Waals surface area contributed by atoms with Crippen molar-refractivity contribution in [2.75, 3.05) is 0 Å². The van der Waals surface area contributed by atoms with Crippen molar-refractivity contribution in [3.05, 3.63) is 112 Å². The molecule has 10 nitrogen and oxygen atoms in total. The molecule has 3 aromatic carbocycles. The first kappa shape index (κ1) is 26.2. The van der Waals surface area contributed by atoms with Gasteiger partial charge in [-0.2, -0.15) is 0 Å². The molecular formula is C28H25N3O7. The molecule has 10 heteroatoms. The van der Waals surface area contributed by atoms with Gasteiger partial charge in [0.15, 0.2) is 11.6 Å². The van der Waals surface area contributed by atoms with Crippen molar-refractivity contribution < 1.29 is 28.8 Å². The molecule has 0 N–H and O–H groups in total. The summed E-state index contributed by atoms with van der Waals surface area (Å²) in [5.74, 6) is -1.90. The van der Waals surface area contributed by atoms with E-state index >= 15 is 0 Å². The van der Waals surface area contributed by atoms with Crippen LogP contribution in [0.3, 0.4) is 0 Å². The molecule has 4 rings (SSSR count). The molecule has 0 bridgehead atoms. The molecule has 0 saturated carbocycles. The van der Waals surface area contributed by atoms with Crippen LogP contribution in [-0.2, 0) is 30.5 Å². The van der Waals surface area contributed by atoms with Gasteiger partial charge in [0.05, 0.1) is 4.92 Å². The number of esters is 2. The quantitative estimate of drug-likeness (QED) is 0.139. The maximum atomic E-state index is 13.6. The predicted molar refractivity (Wildman–Crippen MR) is 137 cm³/mol. The summed E-state index contributed by atoms with van der Waals surface area (Å²) in [6.45, 7) is 2.70. The van der Waals surface area contributed by atoms with Gasteiger partial charge in [-0.25, -0.2) is 4.79 Å². The first-order chi connectivity index (χ1) is 18.2. The monoisotopic (exact) mass is 515 g/mol. The van der Waals surface area contributed by atoms with Crippen LogP contribution >= 0.6 is 0 Å². The highest BCUT2D eigenvalue weighted by Gasteiger charge is 2.63. The molecule has 0 spiro atoms.